The van der Waals surface area contributed by atoms with Gasteiger partial charge >= 0.3 is 0 Å². The van der Waals surface area contributed by atoms with E-state index in [1.807, 2.05) is 13.0 Å². The summed E-state index contributed by atoms with van der Waals surface area (Å²) in [4.78, 5) is 6.59. The van der Waals surface area contributed by atoms with Gasteiger partial charge in [-0.05, 0) is 43.0 Å². The molecule has 0 spiro atoms. The third kappa shape index (κ3) is 2.73. The van der Waals surface area contributed by atoms with Gasteiger partial charge in [0.25, 0.3) is 0 Å². The molecule has 0 atom stereocenters. The van der Waals surface area contributed by atoms with Gasteiger partial charge in [0.2, 0.25) is 5.89 Å². The van der Waals surface area contributed by atoms with Crippen LogP contribution in [0.1, 0.15) is 30.1 Å². The summed E-state index contributed by atoms with van der Waals surface area (Å²) in [6.45, 7) is 3.51. The summed E-state index contributed by atoms with van der Waals surface area (Å²) in [5.41, 5.74) is 2.55. The van der Waals surface area contributed by atoms with E-state index in [4.69, 9.17) is 16.1 Å². The van der Waals surface area contributed by atoms with Crippen LogP contribution < -0.4 is 4.90 Å². The van der Waals surface area contributed by atoms with Crippen LogP contribution in [0.5, 0.6) is 0 Å². The molecule has 1 aromatic carbocycles. The minimum atomic E-state index is 0.612. The van der Waals surface area contributed by atoms with Crippen LogP contribution in [0, 0.1) is 6.92 Å². The fourth-order valence-electron chi connectivity index (χ4n) is 2.54. The zero-order valence-electron chi connectivity index (χ0n) is 10.9. The van der Waals surface area contributed by atoms with Crippen molar-refractivity contribution in [3.63, 3.8) is 0 Å². The fraction of sp³-hybridized carbons (Fsp3) is 0.429. The highest BCUT2D eigenvalue weighted by molar-refractivity contribution is 6.30. The second-order valence-corrected chi connectivity index (χ2v) is 5.32. The van der Waals surface area contributed by atoms with E-state index in [0.29, 0.717) is 12.4 Å². The van der Waals surface area contributed by atoms with E-state index in [-0.39, 0.29) is 0 Å². The molecular formula is C14H16ClN3O. The van der Waals surface area contributed by atoms with Crippen LogP contribution in [-0.2, 0) is 13.0 Å². The first kappa shape index (κ1) is 12.5. The Hall–Kier alpha value is -1.55. The monoisotopic (exact) mass is 277 g/mol. The lowest BCUT2D eigenvalue weighted by molar-refractivity contribution is 0.387. The summed E-state index contributed by atoms with van der Waals surface area (Å²) in [5.74, 6) is 1.35. The Morgan fingerprint density at radius 3 is 3.05 bits per heavy atom. The smallest absolute Gasteiger partial charge is 0.223 e. The van der Waals surface area contributed by atoms with Crippen LogP contribution in [0.15, 0.2) is 22.7 Å². The van der Waals surface area contributed by atoms with Crippen molar-refractivity contribution in [3.8, 4) is 0 Å². The Bertz CT molecular complexity index is 582. The maximum Gasteiger partial charge on any atom is 0.223 e. The summed E-state index contributed by atoms with van der Waals surface area (Å²) in [6, 6.07) is 6.10. The topological polar surface area (TPSA) is 42.2 Å². The highest BCUT2D eigenvalue weighted by Gasteiger charge is 2.17. The van der Waals surface area contributed by atoms with Gasteiger partial charge in [0.15, 0.2) is 5.82 Å². The quantitative estimate of drug-likeness (QED) is 0.844. The number of aryl methyl sites for hydroxylation is 2. The second-order valence-electron chi connectivity index (χ2n) is 4.88. The average Bonchev–Trinajstić information content (AvgIpc) is 2.68. The number of fused-ring (bicyclic) bond motifs is 1. The highest BCUT2D eigenvalue weighted by atomic mass is 35.5. The third-order valence-corrected chi connectivity index (χ3v) is 3.64. The lowest BCUT2D eigenvalue weighted by Crippen LogP contribution is -2.24. The maximum atomic E-state index is 6.08. The fourth-order valence-corrected chi connectivity index (χ4v) is 2.74. The molecule has 0 aliphatic carbocycles. The van der Waals surface area contributed by atoms with E-state index >= 15 is 0 Å². The van der Waals surface area contributed by atoms with Crippen LogP contribution in [0.2, 0.25) is 5.02 Å². The van der Waals surface area contributed by atoms with Crippen LogP contribution in [0.3, 0.4) is 0 Å². The number of rotatable bonds is 2. The van der Waals surface area contributed by atoms with E-state index in [0.717, 1.165) is 23.8 Å². The Kier molecular flexibility index (Phi) is 3.42. The van der Waals surface area contributed by atoms with Crippen molar-refractivity contribution in [1.29, 1.82) is 0 Å². The van der Waals surface area contributed by atoms with Crippen molar-refractivity contribution in [2.75, 3.05) is 11.4 Å². The molecule has 1 aliphatic rings. The molecule has 2 aromatic rings. The molecule has 0 saturated carbocycles. The predicted octanol–water partition coefficient (Wildman–Crippen LogP) is 3.37. The molecule has 5 heteroatoms. The molecule has 0 amide bonds. The first-order valence-electron chi connectivity index (χ1n) is 6.55. The van der Waals surface area contributed by atoms with Gasteiger partial charge in [-0.2, -0.15) is 4.98 Å². The number of hydrogen-bond acceptors (Lipinski definition) is 4. The van der Waals surface area contributed by atoms with Crippen LogP contribution in [0.4, 0.5) is 5.69 Å². The van der Waals surface area contributed by atoms with Gasteiger partial charge in [0.1, 0.15) is 0 Å². The molecule has 3 rings (SSSR count). The number of anilines is 1. The highest BCUT2D eigenvalue weighted by Crippen LogP contribution is 2.29. The van der Waals surface area contributed by atoms with E-state index in [1.54, 1.807) is 0 Å². The average molecular weight is 278 g/mol. The van der Waals surface area contributed by atoms with E-state index < -0.39 is 0 Å². The predicted molar refractivity (Wildman–Crippen MR) is 74.5 cm³/mol. The Balaban J connectivity index is 1.89. The minimum Gasteiger partial charge on any atom is -0.364 e. The van der Waals surface area contributed by atoms with Crippen molar-refractivity contribution < 1.29 is 4.52 Å². The molecule has 0 bridgehead atoms. The standard InChI is InChI=1S/C14H16ClN3O/c1-10-16-14(17-19-10)9-18-7-3-2-4-11-8-12(15)5-6-13(11)18/h5-6,8H,2-4,7,9H2,1H3. The number of benzene rings is 1. The lowest BCUT2D eigenvalue weighted by Gasteiger charge is -2.23. The van der Waals surface area contributed by atoms with Gasteiger partial charge in [-0.1, -0.05) is 16.8 Å². The summed E-state index contributed by atoms with van der Waals surface area (Å²) in [7, 11) is 0. The summed E-state index contributed by atoms with van der Waals surface area (Å²) in [5, 5.41) is 4.78. The van der Waals surface area contributed by atoms with Gasteiger partial charge in [-0.15, -0.1) is 0 Å². The van der Waals surface area contributed by atoms with Gasteiger partial charge in [-0.3, -0.25) is 0 Å². The van der Waals surface area contributed by atoms with E-state index in [2.05, 4.69) is 27.2 Å². The van der Waals surface area contributed by atoms with Gasteiger partial charge < -0.3 is 9.42 Å². The third-order valence-electron chi connectivity index (χ3n) is 3.41. The van der Waals surface area contributed by atoms with Crippen LogP contribution in [-0.4, -0.2) is 16.7 Å². The zero-order chi connectivity index (χ0) is 13.2. The van der Waals surface area contributed by atoms with E-state index in [1.165, 1.54) is 24.1 Å². The van der Waals surface area contributed by atoms with Gasteiger partial charge in [0, 0.05) is 24.2 Å². The Labute approximate surface area is 117 Å². The molecular weight excluding hydrogens is 262 g/mol. The molecule has 4 nitrogen and oxygen atoms in total. The largest absolute Gasteiger partial charge is 0.364 e. The van der Waals surface area contributed by atoms with Crippen molar-refractivity contribution in [1.82, 2.24) is 10.1 Å². The first-order valence-corrected chi connectivity index (χ1v) is 6.93. The number of aromatic nitrogens is 2. The lowest BCUT2D eigenvalue weighted by atomic mass is 10.1. The van der Waals surface area contributed by atoms with Gasteiger partial charge in [0.05, 0.1) is 6.54 Å². The minimum absolute atomic E-state index is 0.612. The molecule has 0 fully saturated rings. The van der Waals surface area contributed by atoms with Crippen LogP contribution >= 0.6 is 11.6 Å². The first-order chi connectivity index (χ1) is 9.22. The zero-order valence-corrected chi connectivity index (χ0v) is 11.7. The molecule has 1 aromatic heterocycles. The van der Waals surface area contributed by atoms with Crippen molar-refractivity contribution in [2.45, 2.75) is 32.7 Å². The Morgan fingerprint density at radius 2 is 2.26 bits per heavy atom. The molecule has 1 aliphatic heterocycles. The summed E-state index contributed by atoms with van der Waals surface area (Å²) in [6.07, 6.45) is 3.44. The number of nitrogens with zero attached hydrogens (tertiary/aromatic N) is 3. The van der Waals surface area contributed by atoms with E-state index in [9.17, 15) is 0 Å². The molecule has 0 N–H and O–H groups in total. The van der Waals surface area contributed by atoms with Crippen molar-refractivity contribution in [3.05, 3.63) is 40.5 Å². The molecule has 19 heavy (non-hydrogen) atoms. The Morgan fingerprint density at radius 1 is 1.37 bits per heavy atom. The van der Waals surface area contributed by atoms with Crippen LogP contribution in [0.25, 0.3) is 0 Å². The van der Waals surface area contributed by atoms with Crippen molar-refractivity contribution in [2.24, 2.45) is 0 Å². The number of halogens is 1. The maximum absolute atomic E-state index is 6.08. The molecule has 0 unspecified atom stereocenters. The molecule has 100 valence electrons. The summed E-state index contributed by atoms with van der Waals surface area (Å²) >= 11 is 6.08. The summed E-state index contributed by atoms with van der Waals surface area (Å²) < 4.78 is 5.04. The molecule has 0 radical (unpaired) electrons. The molecule has 2 heterocycles. The second kappa shape index (κ2) is 5.21. The SMILES string of the molecule is Cc1nc(CN2CCCCc3cc(Cl)ccc32)no1. The number of hydrogen-bond donors (Lipinski definition) is 0. The van der Waals surface area contributed by atoms with Gasteiger partial charge in [-0.25, -0.2) is 0 Å². The molecule has 0 saturated heterocycles. The normalized spacial score (nSPS) is 15.2. The van der Waals surface area contributed by atoms with Crippen molar-refractivity contribution >= 4 is 17.3 Å².